The Hall–Kier alpha value is -0.120. The molecule has 0 aromatic carbocycles. The molecule has 1 aliphatic rings. The molecule has 1 fully saturated rings. The quantitative estimate of drug-likeness (QED) is 0.572. The van der Waals surface area contributed by atoms with Gasteiger partial charge in [0.15, 0.2) is 0 Å². The Morgan fingerprint density at radius 1 is 1.36 bits per heavy atom. The van der Waals surface area contributed by atoms with Crippen molar-refractivity contribution in [1.82, 2.24) is 0 Å². The zero-order chi connectivity index (χ0) is 7.94. The standard InChI is InChI=1S/C8H16O3/c9-3-1-2-4-10-5-8-6-11-7-8/h8-9H,1-7H2. The zero-order valence-corrected chi connectivity index (χ0v) is 6.79. The second-order valence-corrected chi connectivity index (χ2v) is 2.91. The van der Waals surface area contributed by atoms with Gasteiger partial charge in [0.25, 0.3) is 0 Å². The van der Waals surface area contributed by atoms with E-state index in [0.717, 1.165) is 39.3 Å². The minimum absolute atomic E-state index is 0.274. The first-order chi connectivity index (χ1) is 5.43. The topological polar surface area (TPSA) is 38.7 Å². The smallest absolute Gasteiger partial charge is 0.0538 e. The predicted octanol–water partition coefficient (Wildman–Crippen LogP) is 0.422. The largest absolute Gasteiger partial charge is 0.396 e. The summed E-state index contributed by atoms with van der Waals surface area (Å²) in [4.78, 5) is 0. The van der Waals surface area contributed by atoms with Gasteiger partial charge in [0.05, 0.1) is 19.8 Å². The van der Waals surface area contributed by atoms with Crippen LogP contribution in [0, 0.1) is 5.92 Å². The van der Waals surface area contributed by atoms with Gasteiger partial charge in [-0.15, -0.1) is 0 Å². The summed E-state index contributed by atoms with van der Waals surface area (Å²) >= 11 is 0. The number of rotatable bonds is 6. The Morgan fingerprint density at radius 2 is 2.18 bits per heavy atom. The molecular formula is C8H16O3. The number of unbranched alkanes of at least 4 members (excludes halogenated alkanes) is 1. The maximum atomic E-state index is 8.46. The molecule has 0 aromatic rings. The van der Waals surface area contributed by atoms with Gasteiger partial charge in [0.1, 0.15) is 0 Å². The first-order valence-corrected chi connectivity index (χ1v) is 4.20. The van der Waals surface area contributed by atoms with Crippen molar-refractivity contribution in [3.8, 4) is 0 Å². The highest BCUT2D eigenvalue weighted by atomic mass is 16.5. The minimum atomic E-state index is 0.274. The molecule has 3 nitrogen and oxygen atoms in total. The monoisotopic (exact) mass is 160 g/mol. The lowest BCUT2D eigenvalue weighted by Gasteiger charge is -2.25. The van der Waals surface area contributed by atoms with Crippen LogP contribution in [0.5, 0.6) is 0 Å². The Kier molecular flexibility index (Phi) is 4.50. The van der Waals surface area contributed by atoms with Crippen LogP contribution in [0.15, 0.2) is 0 Å². The summed E-state index contributed by atoms with van der Waals surface area (Å²) < 4.78 is 10.3. The molecule has 1 rings (SSSR count). The summed E-state index contributed by atoms with van der Waals surface area (Å²) in [7, 11) is 0. The van der Waals surface area contributed by atoms with Crippen LogP contribution >= 0.6 is 0 Å². The summed E-state index contributed by atoms with van der Waals surface area (Å²) in [5.41, 5.74) is 0. The van der Waals surface area contributed by atoms with Gasteiger partial charge in [-0.3, -0.25) is 0 Å². The first kappa shape index (κ1) is 8.97. The highest BCUT2D eigenvalue weighted by Crippen LogP contribution is 2.09. The van der Waals surface area contributed by atoms with Gasteiger partial charge in [-0.1, -0.05) is 0 Å². The highest BCUT2D eigenvalue weighted by molar-refractivity contribution is 4.63. The van der Waals surface area contributed by atoms with E-state index in [9.17, 15) is 0 Å². The van der Waals surface area contributed by atoms with E-state index in [1.807, 2.05) is 0 Å². The van der Waals surface area contributed by atoms with E-state index in [1.54, 1.807) is 0 Å². The summed E-state index contributed by atoms with van der Waals surface area (Å²) in [6, 6.07) is 0. The highest BCUT2D eigenvalue weighted by Gasteiger charge is 2.17. The Labute approximate surface area is 67.3 Å². The van der Waals surface area contributed by atoms with Gasteiger partial charge in [-0.05, 0) is 12.8 Å². The lowest BCUT2D eigenvalue weighted by molar-refractivity contribution is -0.0719. The molecule has 66 valence electrons. The molecular weight excluding hydrogens is 144 g/mol. The summed E-state index contributed by atoms with van der Waals surface area (Å²) in [6.07, 6.45) is 1.81. The fraction of sp³-hybridized carbons (Fsp3) is 1.00. The molecule has 1 aliphatic heterocycles. The number of aliphatic hydroxyl groups is 1. The van der Waals surface area contributed by atoms with Crippen LogP contribution in [0.3, 0.4) is 0 Å². The van der Waals surface area contributed by atoms with Crippen molar-refractivity contribution < 1.29 is 14.6 Å². The number of ether oxygens (including phenoxy) is 2. The first-order valence-electron chi connectivity index (χ1n) is 4.20. The van der Waals surface area contributed by atoms with Gasteiger partial charge in [0, 0.05) is 19.1 Å². The molecule has 0 bridgehead atoms. The van der Waals surface area contributed by atoms with Gasteiger partial charge in [0.2, 0.25) is 0 Å². The summed E-state index contributed by atoms with van der Waals surface area (Å²) in [6.45, 7) is 3.60. The average molecular weight is 160 g/mol. The molecule has 1 saturated heterocycles. The van der Waals surface area contributed by atoms with Crippen molar-refractivity contribution in [2.75, 3.05) is 33.0 Å². The van der Waals surface area contributed by atoms with Gasteiger partial charge in [-0.25, -0.2) is 0 Å². The number of hydrogen-bond acceptors (Lipinski definition) is 3. The summed E-state index contributed by atoms with van der Waals surface area (Å²) in [5, 5.41) is 8.46. The molecule has 11 heavy (non-hydrogen) atoms. The van der Waals surface area contributed by atoms with Crippen LogP contribution in [0.1, 0.15) is 12.8 Å². The van der Waals surface area contributed by atoms with Crippen LogP contribution in [0.4, 0.5) is 0 Å². The summed E-state index contributed by atoms with van der Waals surface area (Å²) in [5.74, 6) is 0.629. The van der Waals surface area contributed by atoms with Gasteiger partial charge >= 0.3 is 0 Å². The van der Waals surface area contributed by atoms with Crippen molar-refractivity contribution in [1.29, 1.82) is 0 Å². The van der Waals surface area contributed by atoms with E-state index >= 15 is 0 Å². The number of aliphatic hydroxyl groups excluding tert-OH is 1. The molecule has 0 spiro atoms. The van der Waals surface area contributed by atoms with E-state index in [0.29, 0.717) is 5.92 Å². The second-order valence-electron chi connectivity index (χ2n) is 2.91. The molecule has 0 unspecified atom stereocenters. The average Bonchev–Trinajstić information content (AvgIpc) is 1.93. The van der Waals surface area contributed by atoms with Crippen molar-refractivity contribution in [2.45, 2.75) is 12.8 Å². The zero-order valence-electron chi connectivity index (χ0n) is 6.79. The Morgan fingerprint density at radius 3 is 2.73 bits per heavy atom. The van der Waals surface area contributed by atoms with Crippen molar-refractivity contribution in [3.63, 3.8) is 0 Å². The van der Waals surface area contributed by atoms with E-state index in [4.69, 9.17) is 14.6 Å². The lowest BCUT2D eigenvalue weighted by atomic mass is 10.1. The molecule has 0 atom stereocenters. The van der Waals surface area contributed by atoms with Crippen LogP contribution in [-0.4, -0.2) is 38.1 Å². The maximum Gasteiger partial charge on any atom is 0.0538 e. The molecule has 0 aliphatic carbocycles. The number of hydrogen-bond donors (Lipinski definition) is 1. The Balaban J connectivity index is 1.73. The van der Waals surface area contributed by atoms with Crippen molar-refractivity contribution in [3.05, 3.63) is 0 Å². The van der Waals surface area contributed by atoms with E-state index in [1.165, 1.54) is 0 Å². The van der Waals surface area contributed by atoms with Crippen LogP contribution in [-0.2, 0) is 9.47 Å². The van der Waals surface area contributed by atoms with E-state index in [-0.39, 0.29) is 6.61 Å². The van der Waals surface area contributed by atoms with Gasteiger partial charge in [-0.2, -0.15) is 0 Å². The van der Waals surface area contributed by atoms with Crippen LogP contribution < -0.4 is 0 Å². The predicted molar refractivity (Wildman–Crippen MR) is 41.4 cm³/mol. The minimum Gasteiger partial charge on any atom is -0.396 e. The maximum absolute atomic E-state index is 8.46. The van der Waals surface area contributed by atoms with Crippen LogP contribution in [0.25, 0.3) is 0 Å². The Bertz CT molecular complexity index is 91.3. The molecule has 3 heteroatoms. The molecule has 0 amide bonds. The van der Waals surface area contributed by atoms with E-state index in [2.05, 4.69) is 0 Å². The third-order valence-corrected chi connectivity index (χ3v) is 1.76. The normalized spacial score (nSPS) is 18.3. The van der Waals surface area contributed by atoms with Crippen molar-refractivity contribution in [2.24, 2.45) is 5.92 Å². The molecule has 0 saturated carbocycles. The third kappa shape index (κ3) is 3.70. The van der Waals surface area contributed by atoms with Crippen molar-refractivity contribution >= 4 is 0 Å². The fourth-order valence-electron chi connectivity index (χ4n) is 0.947. The molecule has 1 heterocycles. The third-order valence-electron chi connectivity index (χ3n) is 1.76. The fourth-order valence-corrected chi connectivity index (χ4v) is 0.947. The van der Waals surface area contributed by atoms with E-state index < -0.39 is 0 Å². The molecule has 0 aromatic heterocycles. The lowest BCUT2D eigenvalue weighted by Crippen LogP contribution is -2.31. The van der Waals surface area contributed by atoms with Gasteiger partial charge < -0.3 is 14.6 Å². The van der Waals surface area contributed by atoms with Crippen LogP contribution in [0.2, 0.25) is 0 Å². The second kappa shape index (κ2) is 5.52. The molecule has 0 radical (unpaired) electrons. The SMILES string of the molecule is OCCCCOCC1COC1. The molecule has 1 N–H and O–H groups in total.